The standard InChI is InChI=1S/C18H26N2O/c1-20(17-10-8-16(19)9-11-17)18(21)15-7-6-13-4-2-3-5-14(13)12-15/h2-5,15-17H,6-12,19H2,1H3. The topological polar surface area (TPSA) is 46.3 Å². The van der Waals surface area contributed by atoms with Crippen molar-refractivity contribution in [2.75, 3.05) is 7.05 Å². The summed E-state index contributed by atoms with van der Waals surface area (Å²) in [5.41, 5.74) is 8.75. The van der Waals surface area contributed by atoms with Gasteiger partial charge < -0.3 is 10.6 Å². The Morgan fingerprint density at radius 2 is 1.76 bits per heavy atom. The molecule has 0 bridgehead atoms. The Balaban J connectivity index is 1.63. The number of hydrogen-bond donors (Lipinski definition) is 1. The van der Waals surface area contributed by atoms with Crippen molar-refractivity contribution in [3.63, 3.8) is 0 Å². The zero-order valence-electron chi connectivity index (χ0n) is 12.9. The minimum Gasteiger partial charge on any atom is -0.343 e. The molecule has 1 aromatic carbocycles. The van der Waals surface area contributed by atoms with Gasteiger partial charge in [0.1, 0.15) is 0 Å². The first-order valence-corrected chi connectivity index (χ1v) is 8.24. The van der Waals surface area contributed by atoms with Gasteiger partial charge in [-0.25, -0.2) is 0 Å². The van der Waals surface area contributed by atoms with Gasteiger partial charge in [0, 0.05) is 25.0 Å². The molecule has 1 aromatic rings. The number of rotatable bonds is 2. The van der Waals surface area contributed by atoms with Crippen LogP contribution in [0.5, 0.6) is 0 Å². The van der Waals surface area contributed by atoms with Gasteiger partial charge >= 0.3 is 0 Å². The maximum Gasteiger partial charge on any atom is 0.226 e. The van der Waals surface area contributed by atoms with E-state index in [0.717, 1.165) is 44.9 Å². The molecular formula is C18H26N2O. The van der Waals surface area contributed by atoms with Crippen LogP contribution in [0, 0.1) is 5.92 Å². The van der Waals surface area contributed by atoms with E-state index in [1.165, 1.54) is 11.1 Å². The average molecular weight is 286 g/mol. The first-order valence-electron chi connectivity index (χ1n) is 8.24. The summed E-state index contributed by atoms with van der Waals surface area (Å²) in [6.07, 6.45) is 7.17. The molecule has 0 heterocycles. The van der Waals surface area contributed by atoms with Gasteiger partial charge in [-0.05, 0) is 56.1 Å². The second-order valence-electron chi connectivity index (χ2n) is 6.73. The Kier molecular flexibility index (Phi) is 4.29. The highest BCUT2D eigenvalue weighted by molar-refractivity contribution is 5.79. The van der Waals surface area contributed by atoms with Gasteiger partial charge in [0.15, 0.2) is 0 Å². The molecule has 0 aromatic heterocycles. The summed E-state index contributed by atoms with van der Waals surface area (Å²) in [4.78, 5) is 14.8. The predicted molar refractivity (Wildman–Crippen MR) is 85.0 cm³/mol. The van der Waals surface area contributed by atoms with Crippen molar-refractivity contribution in [1.82, 2.24) is 4.90 Å². The zero-order chi connectivity index (χ0) is 14.8. The largest absolute Gasteiger partial charge is 0.343 e. The van der Waals surface area contributed by atoms with Crippen molar-refractivity contribution in [3.8, 4) is 0 Å². The summed E-state index contributed by atoms with van der Waals surface area (Å²) in [5, 5.41) is 0. The van der Waals surface area contributed by atoms with Crippen LogP contribution in [0.1, 0.15) is 43.2 Å². The fraction of sp³-hybridized carbons (Fsp3) is 0.611. The van der Waals surface area contributed by atoms with Crippen LogP contribution in [0.15, 0.2) is 24.3 Å². The molecule has 1 amide bonds. The number of aryl methyl sites for hydroxylation is 1. The number of hydrogen-bond acceptors (Lipinski definition) is 2. The molecule has 3 nitrogen and oxygen atoms in total. The van der Waals surface area contributed by atoms with E-state index in [1.807, 2.05) is 11.9 Å². The third-order valence-corrected chi connectivity index (χ3v) is 5.33. The van der Waals surface area contributed by atoms with Gasteiger partial charge in [0.2, 0.25) is 5.91 Å². The van der Waals surface area contributed by atoms with E-state index in [0.29, 0.717) is 18.0 Å². The summed E-state index contributed by atoms with van der Waals surface area (Å²) < 4.78 is 0. The highest BCUT2D eigenvalue weighted by Crippen LogP contribution is 2.29. The monoisotopic (exact) mass is 286 g/mol. The van der Waals surface area contributed by atoms with Gasteiger partial charge in [-0.1, -0.05) is 24.3 Å². The molecule has 3 rings (SSSR count). The highest BCUT2D eigenvalue weighted by atomic mass is 16.2. The molecule has 114 valence electrons. The van der Waals surface area contributed by atoms with Crippen LogP contribution < -0.4 is 5.73 Å². The summed E-state index contributed by atoms with van der Waals surface area (Å²) >= 11 is 0. The van der Waals surface area contributed by atoms with Gasteiger partial charge in [0.25, 0.3) is 0 Å². The summed E-state index contributed by atoms with van der Waals surface area (Å²) in [6, 6.07) is 9.29. The summed E-state index contributed by atoms with van der Waals surface area (Å²) in [7, 11) is 1.99. The molecule has 2 aliphatic rings. The first kappa shape index (κ1) is 14.6. The van der Waals surface area contributed by atoms with E-state index in [1.54, 1.807) is 0 Å². The molecule has 0 radical (unpaired) electrons. The number of carbonyl (C=O) groups excluding carboxylic acids is 1. The van der Waals surface area contributed by atoms with E-state index < -0.39 is 0 Å². The molecule has 2 N–H and O–H groups in total. The van der Waals surface area contributed by atoms with Crippen LogP contribution in [-0.2, 0) is 17.6 Å². The number of carbonyl (C=O) groups is 1. The molecule has 1 saturated carbocycles. The predicted octanol–water partition coefficient (Wildman–Crippen LogP) is 2.52. The van der Waals surface area contributed by atoms with Crippen LogP contribution in [-0.4, -0.2) is 29.9 Å². The van der Waals surface area contributed by atoms with Crippen molar-refractivity contribution in [2.45, 2.75) is 57.0 Å². The number of nitrogens with two attached hydrogens (primary N) is 1. The molecule has 1 fully saturated rings. The Morgan fingerprint density at radius 3 is 2.48 bits per heavy atom. The molecule has 1 atom stereocenters. The van der Waals surface area contributed by atoms with Gasteiger partial charge in [-0.2, -0.15) is 0 Å². The molecular weight excluding hydrogens is 260 g/mol. The third kappa shape index (κ3) is 3.13. The molecule has 0 saturated heterocycles. The second-order valence-corrected chi connectivity index (χ2v) is 6.73. The lowest BCUT2D eigenvalue weighted by atomic mass is 9.82. The number of fused-ring (bicyclic) bond motifs is 1. The lowest BCUT2D eigenvalue weighted by Gasteiger charge is -2.36. The van der Waals surface area contributed by atoms with Crippen molar-refractivity contribution in [3.05, 3.63) is 35.4 Å². The third-order valence-electron chi connectivity index (χ3n) is 5.33. The quantitative estimate of drug-likeness (QED) is 0.908. The van der Waals surface area contributed by atoms with E-state index in [2.05, 4.69) is 24.3 Å². The molecule has 0 aliphatic heterocycles. The maximum atomic E-state index is 12.8. The number of nitrogens with zero attached hydrogens (tertiary/aromatic N) is 1. The summed E-state index contributed by atoms with van der Waals surface area (Å²) in [6.45, 7) is 0. The maximum absolute atomic E-state index is 12.8. The van der Waals surface area contributed by atoms with Crippen molar-refractivity contribution >= 4 is 5.91 Å². The second kappa shape index (κ2) is 6.18. The molecule has 21 heavy (non-hydrogen) atoms. The van der Waals surface area contributed by atoms with Crippen molar-refractivity contribution < 1.29 is 4.79 Å². The van der Waals surface area contributed by atoms with Crippen LogP contribution in [0.25, 0.3) is 0 Å². The molecule has 1 unspecified atom stereocenters. The Morgan fingerprint density at radius 1 is 1.10 bits per heavy atom. The van der Waals surface area contributed by atoms with Gasteiger partial charge in [-0.15, -0.1) is 0 Å². The lowest BCUT2D eigenvalue weighted by molar-refractivity contribution is -0.137. The minimum absolute atomic E-state index is 0.167. The lowest BCUT2D eigenvalue weighted by Crippen LogP contribution is -2.45. The molecule has 0 spiro atoms. The molecule has 3 heteroatoms. The Hall–Kier alpha value is -1.35. The van der Waals surface area contributed by atoms with E-state index >= 15 is 0 Å². The van der Waals surface area contributed by atoms with Crippen LogP contribution >= 0.6 is 0 Å². The first-order chi connectivity index (χ1) is 10.1. The van der Waals surface area contributed by atoms with Gasteiger partial charge in [-0.3, -0.25) is 4.79 Å². The fourth-order valence-corrected chi connectivity index (χ4v) is 3.87. The highest BCUT2D eigenvalue weighted by Gasteiger charge is 2.31. The van der Waals surface area contributed by atoms with Crippen molar-refractivity contribution in [1.29, 1.82) is 0 Å². The molecule has 2 aliphatic carbocycles. The van der Waals surface area contributed by atoms with Crippen LogP contribution in [0.4, 0.5) is 0 Å². The smallest absolute Gasteiger partial charge is 0.226 e. The average Bonchev–Trinajstić information content (AvgIpc) is 2.54. The number of amides is 1. The Bertz CT molecular complexity index is 506. The van der Waals surface area contributed by atoms with Crippen LogP contribution in [0.2, 0.25) is 0 Å². The fourth-order valence-electron chi connectivity index (χ4n) is 3.87. The Labute approximate surface area is 127 Å². The van der Waals surface area contributed by atoms with E-state index in [-0.39, 0.29) is 5.92 Å². The van der Waals surface area contributed by atoms with E-state index in [4.69, 9.17) is 5.73 Å². The number of benzene rings is 1. The SMILES string of the molecule is CN(C(=O)C1CCc2ccccc2C1)C1CCC(N)CC1. The van der Waals surface area contributed by atoms with E-state index in [9.17, 15) is 4.79 Å². The normalized spacial score (nSPS) is 28.8. The summed E-state index contributed by atoms with van der Waals surface area (Å²) in [5.74, 6) is 0.505. The van der Waals surface area contributed by atoms with Crippen LogP contribution in [0.3, 0.4) is 0 Å². The van der Waals surface area contributed by atoms with Crippen molar-refractivity contribution in [2.24, 2.45) is 11.7 Å². The zero-order valence-corrected chi connectivity index (χ0v) is 12.9. The van der Waals surface area contributed by atoms with Gasteiger partial charge in [0.05, 0.1) is 0 Å². The minimum atomic E-state index is 0.167.